The van der Waals surface area contributed by atoms with Gasteiger partial charge in [-0.1, -0.05) is 0 Å². The Labute approximate surface area is 72.7 Å². The third-order valence-electron chi connectivity index (χ3n) is 2.44. The second-order valence-electron chi connectivity index (χ2n) is 3.42. The van der Waals surface area contributed by atoms with Crippen molar-refractivity contribution in [3.63, 3.8) is 0 Å². The summed E-state index contributed by atoms with van der Waals surface area (Å²) in [6.45, 7) is 2.28. The molecule has 0 aromatic carbocycles. The fraction of sp³-hybridized carbons (Fsp3) is 0.778. The van der Waals surface area contributed by atoms with E-state index in [1.165, 1.54) is 19.4 Å². The first-order valence-corrected chi connectivity index (χ1v) is 4.62. The molecule has 12 heavy (non-hydrogen) atoms. The van der Waals surface area contributed by atoms with Gasteiger partial charge in [-0.25, -0.2) is 0 Å². The molecule has 0 amide bonds. The van der Waals surface area contributed by atoms with Crippen molar-refractivity contribution in [3.05, 3.63) is 12.5 Å². The maximum atomic E-state index is 5.23. The highest BCUT2D eigenvalue weighted by atomic mass is 16.7. The van der Waals surface area contributed by atoms with Crippen molar-refractivity contribution in [1.29, 1.82) is 0 Å². The summed E-state index contributed by atoms with van der Waals surface area (Å²) in [6, 6.07) is 0. The first-order valence-electron chi connectivity index (χ1n) is 4.62. The Kier molecular flexibility index (Phi) is 2.51. The molecule has 0 spiro atoms. The fourth-order valence-electron chi connectivity index (χ4n) is 1.78. The molecule has 3 heteroatoms. The van der Waals surface area contributed by atoms with Gasteiger partial charge in [-0.3, -0.25) is 0 Å². The van der Waals surface area contributed by atoms with E-state index in [1.54, 1.807) is 12.5 Å². The first-order chi connectivity index (χ1) is 5.95. The highest BCUT2D eigenvalue weighted by Gasteiger charge is 2.21. The largest absolute Gasteiger partial charge is 0.459 e. The summed E-state index contributed by atoms with van der Waals surface area (Å²) in [5.41, 5.74) is 0. The van der Waals surface area contributed by atoms with Crippen molar-refractivity contribution in [1.82, 2.24) is 5.32 Å². The molecular formula is C9H15NO2. The van der Waals surface area contributed by atoms with E-state index >= 15 is 0 Å². The Hall–Kier alpha value is -0.700. The number of rotatable bonds is 2. The van der Waals surface area contributed by atoms with Crippen LogP contribution in [-0.2, 0) is 9.47 Å². The molecule has 1 unspecified atom stereocenters. The van der Waals surface area contributed by atoms with E-state index in [-0.39, 0.29) is 6.29 Å². The Balaban J connectivity index is 1.70. The molecule has 2 aliphatic heterocycles. The lowest BCUT2D eigenvalue weighted by Crippen LogP contribution is -2.32. The average Bonchev–Trinajstić information content (AvgIpc) is 2.59. The molecule has 1 N–H and O–H groups in total. The average molecular weight is 169 g/mol. The van der Waals surface area contributed by atoms with Crippen LogP contribution in [-0.4, -0.2) is 19.4 Å². The number of nitrogens with one attached hydrogen (secondary N) is 1. The molecule has 2 rings (SSSR count). The van der Waals surface area contributed by atoms with E-state index in [4.69, 9.17) is 9.47 Å². The summed E-state index contributed by atoms with van der Waals surface area (Å²) in [7, 11) is 0. The van der Waals surface area contributed by atoms with Crippen LogP contribution in [0.4, 0.5) is 0 Å². The zero-order valence-electron chi connectivity index (χ0n) is 7.16. The maximum absolute atomic E-state index is 5.23. The third kappa shape index (κ3) is 1.91. The zero-order chi connectivity index (χ0) is 8.23. The topological polar surface area (TPSA) is 30.5 Å². The minimum atomic E-state index is -0.0186. The molecule has 3 nitrogen and oxygen atoms in total. The van der Waals surface area contributed by atoms with Crippen LogP contribution in [0.3, 0.4) is 0 Å². The van der Waals surface area contributed by atoms with Crippen LogP contribution >= 0.6 is 0 Å². The van der Waals surface area contributed by atoms with Crippen molar-refractivity contribution >= 4 is 0 Å². The molecule has 0 bridgehead atoms. The number of piperidine rings is 1. The number of hydrogen-bond donors (Lipinski definition) is 1. The van der Waals surface area contributed by atoms with Gasteiger partial charge in [0.2, 0.25) is 6.29 Å². The zero-order valence-corrected chi connectivity index (χ0v) is 7.16. The summed E-state index contributed by atoms with van der Waals surface area (Å²) >= 11 is 0. The highest BCUT2D eigenvalue weighted by Crippen LogP contribution is 2.20. The van der Waals surface area contributed by atoms with Gasteiger partial charge < -0.3 is 14.8 Å². The summed E-state index contributed by atoms with van der Waals surface area (Å²) in [4.78, 5) is 0. The molecule has 2 heterocycles. The van der Waals surface area contributed by atoms with Gasteiger partial charge in [0.15, 0.2) is 0 Å². The van der Waals surface area contributed by atoms with Gasteiger partial charge in [0.25, 0.3) is 0 Å². The van der Waals surface area contributed by atoms with Crippen LogP contribution in [0.1, 0.15) is 19.3 Å². The van der Waals surface area contributed by atoms with E-state index < -0.39 is 0 Å². The van der Waals surface area contributed by atoms with Crippen molar-refractivity contribution in [2.24, 2.45) is 5.92 Å². The van der Waals surface area contributed by atoms with Gasteiger partial charge in [-0.2, -0.15) is 0 Å². The Morgan fingerprint density at radius 3 is 2.83 bits per heavy atom. The third-order valence-corrected chi connectivity index (χ3v) is 2.44. The second kappa shape index (κ2) is 3.81. The SMILES string of the molecule is C1=COC(CC2CCCNC2)O1. The van der Waals surface area contributed by atoms with E-state index in [0.29, 0.717) is 0 Å². The first kappa shape index (κ1) is 7.92. The van der Waals surface area contributed by atoms with Crippen LogP contribution in [0.25, 0.3) is 0 Å². The van der Waals surface area contributed by atoms with Gasteiger partial charge in [0, 0.05) is 6.42 Å². The van der Waals surface area contributed by atoms with Crippen LogP contribution in [0.15, 0.2) is 12.5 Å². The standard InChI is InChI=1S/C9H15NO2/c1-2-8(7-10-3-1)6-9-11-4-5-12-9/h4-5,8-10H,1-3,6-7H2. The summed E-state index contributed by atoms with van der Waals surface area (Å²) in [5, 5.41) is 3.38. The Morgan fingerprint density at radius 1 is 1.33 bits per heavy atom. The van der Waals surface area contributed by atoms with Gasteiger partial charge in [-0.05, 0) is 31.8 Å². The predicted octanol–water partition coefficient (Wildman–Crippen LogP) is 1.22. The minimum absolute atomic E-state index is 0.0186. The predicted molar refractivity (Wildman–Crippen MR) is 45.3 cm³/mol. The summed E-state index contributed by atoms with van der Waals surface area (Å²) in [5.74, 6) is 0.726. The van der Waals surface area contributed by atoms with E-state index in [9.17, 15) is 0 Å². The molecule has 0 aliphatic carbocycles. The van der Waals surface area contributed by atoms with E-state index in [2.05, 4.69) is 5.32 Å². The number of ether oxygens (including phenoxy) is 2. The molecule has 68 valence electrons. The summed E-state index contributed by atoms with van der Waals surface area (Å²) < 4.78 is 10.5. The molecule has 0 aromatic rings. The Bertz CT molecular complexity index is 156. The van der Waals surface area contributed by atoms with Crippen molar-refractivity contribution < 1.29 is 9.47 Å². The molecular weight excluding hydrogens is 154 g/mol. The van der Waals surface area contributed by atoms with Crippen molar-refractivity contribution in [2.45, 2.75) is 25.6 Å². The monoisotopic (exact) mass is 169 g/mol. The molecule has 1 saturated heterocycles. The smallest absolute Gasteiger partial charge is 0.240 e. The van der Waals surface area contributed by atoms with Crippen molar-refractivity contribution in [3.8, 4) is 0 Å². The highest BCUT2D eigenvalue weighted by molar-refractivity contribution is 4.76. The van der Waals surface area contributed by atoms with Crippen LogP contribution < -0.4 is 5.32 Å². The van der Waals surface area contributed by atoms with Gasteiger partial charge in [0.1, 0.15) is 12.5 Å². The van der Waals surface area contributed by atoms with Gasteiger partial charge in [-0.15, -0.1) is 0 Å². The number of hydrogen-bond acceptors (Lipinski definition) is 3. The normalized spacial score (nSPS) is 29.8. The molecule has 2 aliphatic rings. The van der Waals surface area contributed by atoms with E-state index in [0.717, 1.165) is 18.9 Å². The fourth-order valence-corrected chi connectivity index (χ4v) is 1.78. The molecule has 0 aromatic heterocycles. The maximum Gasteiger partial charge on any atom is 0.240 e. The molecule has 1 atom stereocenters. The molecule has 1 fully saturated rings. The van der Waals surface area contributed by atoms with Crippen LogP contribution in [0.2, 0.25) is 0 Å². The lowest BCUT2D eigenvalue weighted by Gasteiger charge is -2.24. The minimum Gasteiger partial charge on any atom is -0.459 e. The van der Waals surface area contributed by atoms with Gasteiger partial charge in [0.05, 0.1) is 0 Å². The Morgan fingerprint density at radius 2 is 2.17 bits per heavy atom. The molecule has 0 saturated carbocycles. The summed E-state index contributed by atoms with van der Waals surface area (Å²) in [6.07, 6.45) is 6.83. The van der Waals surface area contributed by atoms with Crippen LogP contribution in [0.5, 0.6) is 0 Å². The molecule has 0 radical (unpaired) electrons. The second-order valence-corrected chi connectivity index (χ2v) is 3.42. The lowest BCUT2D eigenvalue weighted by molar-refractivity contribution is -0.0409. The van der Waals surface area contributed by atoms with Gasteiger partial charge >= 0.3 is 0 Å². The van der Waals surface area contributed by atoms with Crippen LogP contribution in [0, 0.1) is 5.92 Å². The lowest BCUT2D eigenvalue weighted by atomic mass is 9.96. The van der Waals surface area contributed by atoms with E-state index in [1.807, 2.05) is 0 Å². The van der Waals surface area contributed by atoms with Crippen molar-refractivity contribution in [2.75, 3.05) is 13.1 Å². The quantitative estimate of drug-likeness (QED) is 0.674.